The van der Waals surface area contributed by atoms with Crippen molar-refractivity contribution >= 4 is 17.2 Å². The lowest BCUT2D eigenvalue weighted by molar-refractivity contribution is 0.153. The van der Waals surface area contributed by atoms with Crippen LogP contribution in [0.25, 0.3) is 0 Å². The second kappa shape index (κ2) is 7.33. The highest BCUT2D eigenvalue weighted by Gasteiger charge is 2.06. The minimum Gasteiger partial charge on any atom is -0.392 e. The molecule has 0 fully saturated rings. The van der Waals surface area contributed by atoms with Gasteiger partial charge in [-0.25, -0.2) is 0 Å². The van der Waals surface area contributed by atoms with Crippen molar-refractivity contribution in [2.45, 2.75) is 6.54 Å². The first-order valence-corrected chi connectivity index (χ1v) is 5.66. The van der Waals surface area contributed by atoms with Gasteiger partial charge in [-0.3, -0.25) is 4.90 Å². The van der Waals surface area contributed by atoms with Gasteiger partial charge in [-0.05, 0) is 5.56 Å². The van der Waals surface area contributed by atoms with Crippen LogP contribution in [0.3, 0.4) is 0 Å². The molecule has 16 heavy (non-hydrogen) atoms. The Bertz CT molecular complexity index is 316. The predicted molar refractivity (Wildman–Crippen MR) is 70.4 cm³/mol. The maximum Gasteiger partial charge on any atom is 0.0870 e. The van der Waals surface area contributed by atoms with E-state index < -0.39 is 0 Å². The molecule has 0 aliphatic carbocycles. The maximum atomic E-state index is 5.57. The van der Waals surface area contributed by atoms with Crippen LogP contribution in [0.2, 0.25) is 0 Å². The normalized spacial score (nSPS) is 10.6. The number of ether oxygens (including phenoxy) is 1. The summed E-state index contributed by atoms with van der Waals surface area (Å²) in [5, 5.41) is 0. The number of hydrogen-bond acceptors (Lipinski definition) is 3. The van der Waals surface area contributed by atoms with Crippen LogP contribution >= 0.6 is 12.2 Å². The molecule has 1 aromatic rings. The van der Waals surface area contributed by atoms with Gasteiger partial charge in [-0.15, -0.1) is 0 Å². The van der Waals surface area contributed by atoms with Crippen LogP contribution in [-0.2, 0) is 11.3 Å². The van der Waals surface area contributed by atoms with E-state index in [-0.39, 0.29) is 0 Å². The van der Waals surface area contributed by atoms with Gasteiger partial charge in [0.2, 0.25) is 0 Å². The summed E-state index contributed by atoms with van der Waals surface area (Å²) in [5.41, 5.74) is 6.83. The number of nitrogens with zero attached hydrogens (tertiary/aromatic N) is 1. The van der Waals surface area contributed by atoms with E-state index >= 15 is 0 Å². The fraction of sp³-hybridized carbons (Fsp3) is 0.417. The van der Waals surface area contributed by atoms with Gasteiger partial charge in [0.05, 0.1) is 11.6 Å². The van der Waals surface area contributed by atoms with E-state index in [0.717, 1.165) is 13.1 Å². The van der Waals surface area contributed by atoms with Crippen molar-refractivity contribution in [3.63, 3.8) is 0 Å². The number of hydrogen-bond donors (Lipinski definition) is 1. The molecule has 4 heteroatoms. The zero-order chi connectivity index (χ0) is 11.8. The number of nitrogens with two attached hydrogens (primary N) is 1. The minimum atomic E-state index is 0.520. The zero-order valence-corrected chi connectivity index (χ0v) is 10.4. The van der Waals surface area contributed by atoms with Crippen molar-refractivity contribution in [3.05, 3.63) is 35.9 Å². The predicted octanol–water partition coefficient (Wildman–Crippen LogP) is 1.42. The fourth-order valence-corrected chi connectivity index (χ4v) is 1.68. The van der Waals surface area contributed by atoms with Crippen molar-refractivity contribution in [3.8, 4) is 0 Å². The Hall–Kier alpha value is -0.970. The first kappa shape index (κ1) is 13.1. The van der Waals surface area contributed by atoms with Crippen LogP contribution in [0.5, 0.6) is 0 Å². The van der Waals surface area contributed by atoms with E-state index in [2.05, 4.69) is 17.0 Å². The molecule has 0 aliphatic heterocycles. The molecule has 0 saturated carbocycles. The fourth-order valence-electron chi connectivity index (χ4n) is 1.50. The van der Waals surface area contributed by atoms with Crippen LogP contribution in [0, 0.1) is 0 Å². The zero-order valence-electron chi connectivity index (χ0n) is 9.56. The van der Waals surface area contributed by atoms with Crippen LogP contribution < -0.4 is 5.73 Å². The van der Waals surface area contributed by atoms with Crippen LogP contribution in [-0.4, -0.2) is 36.7 Å². The van der Waals surface area contributed by atoms with Crippen molar-refractivity contribution < 1.29 is 4.74 Å². The highest BCUT2D eigenvalue weighted by molar-refractivity contribution is 7.80. The number of methoxy groups -OCH3 is 1. The van der Waals surface area contributed by atoms with Gasteiger partial charge in [-0.2, -0.15) is 0 Å². The topological polar surface area (TPSA) is 38.5 Å². The molecule has 1 aromatic carbocycles. The van der Waals surface area contributed by atoms with E-state index in [9.17, 15) is 0 Å². The molecule has 0 saturated heterocycles. The van der Waals surface area contributed by atoms with E-state index in [0.29, 0.717) is 18.1 Å². The molecular weight excluding hydrogens is 220 g/mol. The second-order valence-corrected chi connectivity index (χ2v) is 4.18. The third kappa shape index (κ3) is 5.21. The Morgan fingerprint density at radius 3 is 2.62 bits per heavy atom. The van der Waals surface area contributed by atoms with Crippen LogP contribution in [0.1, 0.15) is 5.56 Å². The summed E-state index contributed by atoms with van der Waals surface area (Å²) in [6, 6.07) is 10.3. The highest BCUT2D eigenvalue weighted by atomic mass is 32.1. The van der Waals surface area contributed by atoms with Gasteiger partial charge >= 0.3 is 0 Å². The SMILES string of the molecule is COCCN(CC(N)=S)Cc1ccccc1. The van der Waals surface area contributed by atoms with Crippen molar-refractivity contribution in [2.75, 3.05) is 26.8 Å². The van der Waals surface area contributed by atoms with E-state index in [1.807, 2.05) is 18.2 Å². The lowest BCUT2D eigenvalue weighted by Gasteiger charge is -2.21. The lowest BCUT2D eigenvalue weighted by Crippen LogP contribution is -2.34. The first-order valence-electron chi connectivity index (χ1n) is 5.26. The third-order valence-corrected chi connectivity index (χ3v) is 2.37. The monoisotopic (exact) mass is 238 g/mol. The number of rotatable bonds is 7. The van der Waals surface area contributed by atoms with Gasteiger partial charge in [0, 0.05) is 26.7 Å². The molecule has 0 spiro atoms. The Morgan fingerprint density at radius 1 is 1.38 bits per heavy atom. The average molecular weight is 238 g/mol. The van der Waals surface area contributed by atoms with Gasteiger partial charge in [-0.1, -0.05) is 42.5 Å². The van der Waals surface area contributed by atoms with E-state index in [4.69, 9.17) is 22.7 Å². The Morgan fingerprint density at radius 2 is 2.06 bits per heavy atom. The smallest absolute Gasteiger partial charge is 0.0870 e. The number of thiocarbonyl (C=S) groups is 1. The summed E-state index contributed by atoms with van der Waals surface area (Å²) in [6.07, 6.45) is 0. The average Bonchev–Trinajstić information content (AvgIpc) is 2.26. The van der Waals surface area contributed by atoms with Crippen molar-refractivity contribution in [2.24, 2.45) is 5.73 Å². The second-order valence-electron chi connectivity index (χ2n) is 3.66. The van der Waals surface area contributed by atoms with Crippen molar-refractivity contribution in [1.82, 2.24) is 4.90 Å². The first-order chi connectivity index (χ1) is 7.72. The van der Waals surface area contributed by atoms with E-state index in [1.165, 1.54) is 5.56 Å². The van der Waals surface area contributed by atoms with Crippen LogP contribution in [0.15, 0.2) is 30.3 Å². The summed E-state index contributed by atoms with van der Waals surface area (Å²) in [5.74, 6) is 0. The Balaban J connectivity index is 2.52. The molecule has 3 nitrogen and oxygen atoms in total. The molecule has 88 valence electrons. The summed E-state index contributed by atoms with van der Waals surface area (Å²) >= 11 is 4.93. The molecule has 0 bridgehead atoms. The Kier molecular flexibility index (Phi) is 6.00. The molecule has 0 amide bonds. The van der Waals surface area contributed by atoms with Gasteiger partial charge < -0.3 is 10.5 Å². The molecule has 0 heterocycles. The highest BCUT2D eigenvalue weighted by Crippen LogP contribution is 2.03. The molecule has 0 unspecified atom stereocenters. The summed E-state index contributed by atoms with van der Waals surface area (Å²) in [6.45, 7) is 3.01. The van der Waals surface area contributed by atoms with Crippen LogP contribution in [0.4, 0.5) is 0 Å². The lowest BCUT2D eigenvalue weighted by atomic mass is 10.2. The van der Waals surface area contributed by atoms with Gasteiger partial charge in [0.1, 0.15) is 0 Å². The molecule has 0 radical (unpaired) electrons. The minimum absolute atomic E-state index is 0.520. The molecule has 0 aliphatic rings. The molecule has 2 N–H and O–H groups in total. The summed E-state index contributed by atoms with van der Waals surface area (Å²) in [4.78, 5) is 2.70. The number of benzene rings is 1. The maximum absolute atomic E-state index is 5.57. The third-order valence-electron chi connectivity index (χ3n) is 2.24. The van der Waals surface area contributed by atoms with E-state index in [1.54, 1.807) is 7.11 Å². The molecule has 1 rings (SSSR count). The van der Waals surface area contributed by atoms with Crippen molar-refractivity contribution in [1.29, 1.82) is 0 Å². The standard InChI is InChI=1S/C12H18N2OS/c1-15-8-7-14(10-12(13)16)9-11-5-3-2-4-6-11/h2-6H,7-10H2,1H3,(H2,13,16). The largest absolute Gasteiger partial charge is 0.392 e. The van der Waals surface area contributed by atoms with Gasteiger partial charge in [0.15, 0.2) is 0 Å². The quantitative estimate of drug-likeness (QED) is 0.729. The Labute approximate surface area is 102 Å². The molecule has 0 aromatic heterocycles. The molecule has 0 atom stereocenters. The summed E-state index contributed by atoms with van der Waals surface area (Å²) in [7, 11) is 1.70. The van der Waals surface area contributed by atoms with Gasteiger partial charge in [0.25, 0.3) is 0 Å². The molecular formula is C12H18N2OS. The summed E-state index contributed by atoms with van der Waals surface area (Å²) < 4.78 is 5.07.